The van der Waals surface area contributed by atoms with Crippen molar-refractivity contribution < 1.29 is 29.3 Å². The third kappa shape index (κ3) is 3.54. The molecule has 0 spiro atoms. The maximum absolute atomic E-state index is 13.2. The van der Waals surface area contributed by atoms with Crippen LogP contribution in [0.15, 0.2) is 78.4 Å². The van der Waals surface area contributed by atoms with E-state index in [9.17, 15) is 19.8 Å². The largest absolute Gasteiger partial charge is 0.507 e. The smallest absolute Gasteiger partial charge is 0.300 e. The molecule has 0 saturated carbocycles. The number of phenolic OH excluding ortho intramolecular Hbond substituents is 1. The molecule has 162 valence electrons. The molecule has 0 aliphatic carbocycles. The van der Waals surface area contributed by atoms with Crippen molar-refractivity contribution in [3.05, 3.63) is 89.5 Å². The molecule has 0 bridgehead atoms. The SMILES string of the molecule is COc1cccc(N2C(=O)C(=O)/C(=C(/O)c3ccccc3)C2c2ccc(O)c(OC)c2)c1. The van der Waals surface area contributed by atoms with Crippen molar-refractivity contribution in [3.63, 3.8) is 0 Å². The van der Waals surface area contributed by atoms with E-state index in [-0.39, 0.29) is 22.8 Å². The zero-order chi connectivity index (χ0) is 22.8. The quantitative estimate of drug-likeness (QED) is 0.360. The minimum Gasteiger partial charge on any atom is -0.507 e. The maximum Gasteiger partial charge on any atom is 0.300 e. The van der Waals surface area contributed by atoms with Crippen molar-refractivity contribution in [2.75, 3.05) is 19.1 Å². The van der Waals surface area contributed by atoms with Crippen molar-refractivity contribution in [2.24, 2.45) is 0 Å². The second-order valence-corrected chi connectivity index (χ2v) is 7.17. The summed E-state index contributed by atoms with van der Waals surface area (Å²) in [5.74, 6) is -1.28. The van der Waals surface area contributed by atoms with Crippen LogP contribution in [-0.2, 0) is 9.59 Å². The number of carbonyl (C=O) groups is 2. The van der Waals surface area contributed by atoms with E-state index in [1.165, 1.54) is 31.3 Å². The average molecular weight is 431 g/mol. The van der Waals surface area contributed by atoms with Gasteiger partial charge in [-0.3, -0.25) is 14.5 Å². The first-order valence-corrected chi connectivity index (χ1v) is 9.83. The first-order chi connectivity index (χ1) is 15.5. The normalized spacial score (nSPS) is 17.4. The molecule has 1 heterocycles. The first-order valence-electron chi connectivity index (χ1n) is 9.83. The lowest BCUT2D eigenvalue weighted by atomic mass is 9.95. The van der Waals surface area contributed by atoms with Crippen LogP contribution in [-0.4, -0.2) is 36.1 Å². The van der Waals surface area contributed by atoms with Gasteiger partial charge in [0, 0.05) is 17.3 Å². The molecule has 1 unspecified atom stereocenters. The number of aromatic hydroxyl groups is 1. The van der Waals surface area contributed by atoms with Gasteiger partial charge in [0.05, 0.1) is 25.8 Å². The Hall–Kier alpha value is -4.26. The Labute approximate surface area is 184 Å². The van der Waals surface area contributed by atoms with Gasteiger partial charge in [0.2, 0.25) is 0 Å². The lowest BCUT2D eigenvalue weighted by Crippen LogP contribution is -2.29. The summed E-state index contributed by atoms with van der Waals surface area (Å²) in [5.41, 5.74) is 1.26. The predicted molar refractivity (Wildman–Crippen MR) is 119 cm³/mol. The molecule has 1 aliphatic heterocycles. The van der Waals surface area contributed by atoms with E-state index in [4.69, 9.17) is 9.47 Å². The number of Topliss-reactive ketones (excluding diaryl/α,β-unsaturated/α-hetero) is 1. The number of aliphatic hydroxyl groups excluding tert-OH is 1. The van der Waals surface area contributed by atoms with Crippen molar-refractivity contribution in [1.82, 2.24) is 0 Å². The highest BCUT2D eigenvalue weighted by Gasteiger charge is 2.47. The van der Waals surface area contributed by atoms with E-state index >= 15 is 0 Å². The summed E-state index contributed by atoms with van der Waals surface area (Å²) >= 11 is 0. The second kappa shape index (κ2) is 8.47. The molecule has 0 radical (unpaired) electrons. The Balaban J connectivity index is 1.97. The number of benzene rings is 3. The molecule has 32 heavy (non-hydrogen) atoms. The van der Waals surface area contributed by atoms with E-state index in [2.05, 4.69) is 0 Å². The number of aliphatic hydroxyl groups is 1. The monoisotopic (exact) mass is 431 g/mol. The summed E-state index contributed by atoms with van der Waals surface area (Å²) in [6, 6.07) is 18.9. The topological polar surface area (TPSA) is 96.3 Å². The van der Waals surface area contributed by atoms with Gasteiger partial charge in [-0.2, -0.15) is 0 Å². The van der Waals surface area contributed by atoms with Crippen LogP contribution in [0.4, 0.5) is 5.69 Å². The molecule has 7 heteroatoms. The molecule has 7 nitrogen and oxygen atoms in total. The van der Waals surface area contributed by atoms with Crippen molar-refractivity contribution in [2.45, 2.75) is 6.04 Å². The minimum absolute atomic E-state index is 0.0586. The van der Waals surface area contributed by atoms with E-state index in [0.717, 1.165) is 0 Å². The van der Waals surface area contributed by atoms with Gasteiger partial charge in [0.25, 0.3) is 11.7 Å². The number of rotatable bonds is 5. The Morgan fingerprint density at radius 3 is 2.34 bits per heavy atom. The van der Waals surface area contributed by atoms with Gasteiger partial charge in [-0.25, -0.2) is 0 Å². The fraction of sp³-hybridized carbons (Fsp3) is 0.120. The summed E-state index contributed by atoms with van der Waals surface area (Å²) < 4.78 is 10.5. The highest BCUT2D eigenvalue weighted by molar-refractivity contribution is 6.51. The number of anilines is 1. The van der Waals surface area contributed by atoms with Gasteiger partial charge in [-0.15, -0.1) is 0 Å². The van der Waals surface area contributed by atoms with Gasteiger partial charge < -0.3 is 19.7 Å². The van der Waals surface area contributed by atoms with Crippen LogP contribution in [0.5, 0.6) is 17.2 Å². The fourth-order valence-corrected chi connectivity index (χ4v) is 3.79. The van der Waals surface area contributed by atoms with E-state index in [1.807, 2.05) is 0 Å². The Morgan fingerprint density at radius 1 is 0.906 bits per heavy atom. The Kier molecular flexibility index (Phi) is 5.55. The third-order valence-corrected chi connectivity index (χ3v) is 5.34. The van der Waals surface area contributed by atoms with Crippen LogP contribution < -0.4 is 14.4 Å². The summed E-state index contributed by atoms with van der Waals surface area (Å²) in [6.07, 6.45) is 0. The molecule has 1 amide bonds. The van der Waals surface area contributed by atoms with E-state index in [1.54, 1.807) is 60.7 Å². The molecule has 3 aromatic rings. The third-order valence-electron chi connectivity index (χ3n) is 5.34. The second-order valence-electron chi connectivity index (χ2n) is 7.17. The van der Waals surface area contributed by atoms with Crippen LogP contribution in [0, 0.1) is 0 Å². The Morgan fingerprint density at radius 2 is 1.66 bits per heavy atom. The standard InChI is InChI=1S/C25H21NO6/c1-31-18-10-6-9-17(14-18)26-22(16-11-12-19(27)20(13-16)32-2)21(24(29)25(26)30)23(28)15-7-4-3-5-8-15/h3-14,22,27-28H,1-2H3/b23-21+. The van der Waals surface area contributed by atoms with Crippen LogP contribution >= 0.6 is 0 Å². The number of carbonyl (C=O) groups excluding carboxylic acids is 2. The molecule has 1 fully saturated rings. The summed E-state index contributed by atoms with van der Waals surface area (Å²) in [5, 5.41) is 21.1. The number of phenols is 1. The van der Waals surface area contributed by atoms with Crippen LogP contribution in [0.25, 0.3) is 5.76 Å². The van der Waals surface area contributed by atoms with Gasteiger partial charge in [-0.05, 0) is 29.8 Å². The minimum atomic E-state index is -0.947. The molecule has 1 aliphatic rings. The summed E-state index contributed by atoms with van der Waals surface area (Å²) in [6.45, 7) is 0. The van der Waals surface area contributed by atoms with Gasteiger partial charge in [-0.1, -0.05) is 42.5 Å². The van der Waals surface area contributed by atoms with Crippen LogP contribution in [0.2, 0.25) is 0 Å². The molecule has 0 aromatic heterocycles. The molecule has 1 saturated heterocycles. The number of hydrogen-bond acceptors (Lipinski definition) is 6. The van der Waals surface area contributed by atoms with E-state index < -0.39 is 17.7 Å². The molecule has 2 N–H and O–H groups in total. The first kappa shape index (κ1) is 21.0. The van der Waals surface area contributed by atoms with Crippen LogP contribution in [0.3, 0.4) is 0 Å². The molecule has 1 atom stereocenters. The van der Waals surface area contributed by atoms with Crippen molar-refractivity contribution in [3.8, 4) is 17.2 Å². The maximum atomic E-state index is 13.2. The zero-order valence-electron chi connectivity index (χ0n) is 17.5. The van der Waals surface area contributed by atoms with Gasteiger partial charge in [0.1, 0.15) is 11.5 Å². The molecule has 4 rings (SSSR count). The number of amides is 1. The Bertz CT molecular complexity index is 1220. The fourth-order valence-electron chi connectivity index (χ4n) is 3.79. The van der Waals surface area contributed by atoms with Gasteiger partial charge >= 0.3 is 0 Å². The molecular weight excluding hydrogens is 410 g/mol. The van der Waals surface area contributed by atoms with Crippen molar-refractivity contribution in [1.29, 1.82) is 0 Å². The highest BCUT2D eigenvalue weighted by atomic mass is 16.5. The number of nitrogens with zero attached hydrogens (tertiary/aromatic N) is 1. The predicted octanol–water partition coefficient (Wildman–Crippen LogP) is 4.04. The number of ether oxygens (including phenoxy) is 2. The average Bonchev–Trinajstić information content (AvgIpc) is 3.10. The number of ketones is 1. The zero-order valence-corrected chi connectivity index (χ0v) is 17.5. The van der Waals surface area contributed by atoms with Gasteiger partial charge in [0.15, 0.2) is 11.5 Å². The van der Waals surface area contributed by atoms with E-state index in [0.29, 0.717) is 22.6 Å². The van der Waals surface area contributed by atoms with Crippen molar-refractivity contribution >= 4 is 23.1 Å². The number of methoxy groups -OCH3 is 2. The lowest BCUT2D eigenvalue weighted by molar-refractivity contribution is -0.132. The highest BCUT2D eigenvalue weighted by Crippen LogP contribution is 2.44. The summed E-state index contributed by atoms with van der Waals surface area (Å²) in [7, 11) is 2.91. The molecule has 3 aromatic carbocycles. The lowest BCUT2D eigenvalue weighted by Gasteiger charge is -2.26. The number of hydrogen-bond donors (Lipinski definition) is 2. The molecular formula is C25H21NO6. The van der Waals surface area contributed by atoms with Crippen LogP contribution in [0.1, 0.15) is 17.2 Å². The summed E-state index contributed by atoms with van der Waals surface area (Å²) in [4.78, 5) is 27.6.